The lowest BCUT2D eigenvalue weighted by molar-refractivity contribution is 0.0696. The topological polar surface area (TPSA) is 55.8 Å². The van der Waals surface area contributed by atoms with Crippen LogP contribution in [0.15, 0.2) is 18.2 Å². The van der Waals surface area contributed by atoms with Gasteiger partial charge < -0.3 is 14.6 Å². The highest BCUT2D eigenvalue weighted by atomic mass is 16.5. The van der Waals surface area contributed by atoms with E-state index >= 15 is 0 Å². The molecule has 2 rings (SSSR count). The summed E-state index contributed by atoms with van der Waals surface area (Å²) in [4.78, 5) is 10.8. The Morgan fingerprint density at radius 1 is 1.24 bits per heavy atom. The van der Waals surface area contributed by atoms with Crippen molar-refractivity contribution in [1.29, 1.82) is 0 Å². The number of hydrogen-bond acceptors (Lipinski definition) is 3. The quantitative estimate of drug-likeness (QED) is 0.876. The molecule has 0 saturated heterocycles. The van der Waals surface area contributed by atoms with Gasteiger partial charge in [0, 0.05) is 6.07 Å². The molecule has 1 aliphatic rings. The summed E-state index contributed by atoms with van der Waals surface area (Å²) in [5.41, 5.74) is 0.185. The van der Waals surface area contributed by atoms with Crippen molar-refractivity contribution in [2.75, 3.05) is 7.11 Å². The highest BCUT2D eigenvalue weighted by molar-refractivity contribution is 5.88. The first-order valence-electron chi connectivity index (χ1n) is 5.78. The van der Waals surface area contributed by atoms with Crippen LogP contribution in [-0.2, 0) is 0 Å². The summed E-state index contributed by atoms with van der Waals surface area (Å²) in [7, 11) is 1.50. The third kappa shape index (κ3) is 3.98. The van der Waals surface area contributed by atoms with Crippen LogP contribution in [0.5, 0.6) is 11.5 Å². The van der Waals surface area contributed by atoms with Crippen LogP contribution < -0.4 is 9.47 Å². The minimum atomic E-state index is -0.977. The van der Waals surface area contributed by atoms with Gasteiger partial charge in [-0.3, -0.25) is 0 Å². The lowest BCUT2D eigenvalue weighted by Gasteiger charge is -2.08. The molecule has 1 aromatic carbocycles. The Hall–Kier alpha value is -1.71. The van der Waals surface area contributed by atoms with Crippen LogP contribution in [0, 0.1) is 0 Å². The van der Waals surface area contributed by atoms with Crippen molar-refractivity contribution in [2.24, 2.45) is 0 Å². The summed E-state index contributed by atoms with van der Waals surface area (Å²) < 4.78 is 10.5. The molecule has 1 aliphatic carbocycles. The molecule has 0 bridgehead atoms. The average Bonchev–Trinajstić information content (AvgIpc) is 3.15. The van der Waals surface area contributed by atoms with Gasteiger partial charge in [0.05, 0.1) is 18.8 Å². The van der Waals surface area contributed by atoms with Crippen molar-refractivity contribution >= 4 is 5.97 Å². The van der Waals surface area contributed by atoms with Gasteiger partial charge in [0.1, 0.15) is 11.5 Å². The molecule has 0 aromatic heterocycles. The van der Waals surface area contributed by atoms with Gasteiger partial charge in [-0.15, -0.1) is 0 Å². The van der Waals surface area contributed by atoms with Crippen LogP contribution in [0.3, 0.4) is 0 Å². The van der Waals surface area contributed by atoms with Gasteiger partial charge in [-0.1, -0.05) is 13.8 Å². The maximum absolute atomic E-state index is 10.8. The van der Waals surface area contributed by atoms with Crippen molar-refractivity contribution < 1.29 is 19.4 Å². The predicted octanol–water partition coefficient (Wildman–Crippen LogP) is 2.96. The molecule has 0 spiro atoms. The summed E-state index contributed by atoms with van der Waals surface area (Å²) in [6, 6.07) is 4.69. The van der Waals surface area contributed by atoms with Crippen molar-refractivity contribution in [3.63, 3.8) is 0 Å². The zero-order chi connectivity index (χ0) is 12.8. The van der Waals surface area contributed by atoms with E-state index < -0.39 is 5.97 Å². The molecule has 1 N–H and O–H groups in total. The number of methoxy groups -OCH3 is 1. The molecule has 0 unspecified atom stereocenters. The Morgan fingerprint density at radius 3 is 2.29 bits per heavy atom. The number of rotatable bonds is 4. The number of carboxylic acid groups (broad SMARTS) is 1. The third-order valence-corrected chi connectivity index (χ3v) is 2.19. The highest BCUT2D eigenvalue weighted by Gasteiger charge is 2.24. The van der Waals surface area contributed by atoms with E-state index in [4.69, 9.17) is 14.6 Å². The molecule has 94 valence electrons. The number of aromatic carboxylic acids is 1. The summed E-state index contributed by atoms with van der Waals surface area (Å²) in [5, 5.41) is 8.87. The van der Waals surface area contributed by atoms with E-state index in [1.165, 1.54) is 19.2 Å². The van der Waals surface area contributed by atoms with E-state index in [1.54, 1.807) is 6.07 Å². The normalized spacial score (nSPS) is 13.4. The van der Waals surface area contributed by atoms with E-state index in [1.807, 2.05) is 13.8 Å². The molecular formula is C13H18O4. The second-order valence-electron chi connectivity index (χ2n) is 3.52. The first kappa shape index (κ1) is 13.4. The van der Waals surface area contributed by atoms with Gasteiger partial charge in [0.25, 0.3) is 0 Å². The van der Waals surface area contributed by atoms with E-state index in [0.717, 1.165) is 12.8 Å². The molecule has 0 atom stereocenters. The van der Waals surface area contributed by atoms with Crippen molar-refractivity contribution in [3.05, 3.63) is 23.8 Å². The van der Waals surface area contributed by atoms with Crippen LogP contribution in [0.25, 0.3) is 0 Å². The Labute approximate surface area is 101 Å². The van der Waals surface area contributed by atoms with E-state index in [2.05, 4.69) is 0 Å². The number of ether oxygens (including phenoxy) is 2. The van der Waals surface area contributed by atoms with Gasteiger partial charge in [-0.05, 0) is 25.0 Å². The van der Waals surface area contributed by atoms with E-state index in [9.17, 15) is 4.79 Å². The molecule has 0 heterocycles. The van der Waals surface area contributed by atoms with Crippen molar-refractivity contribution in [1.82, 2.24) is 0 Å². The molecule has 4 nitrogen and oxygen atoms in total. The zero-order valence-electron chi connectivity index (χ0n) is 10.4. The molecular weight excluding hydrogens is 220 g/mol. The molecule has 4 heteroatoms. The Bertz CT molecular complexity index is 383. The van der Waals surface area contributed by atoms with Gasteiger partial charge in [-0.2, -0.15) is 0 Å². The molecule has 1 saturated carbocycles. The Kier molecular flexibility index (Phi) is 4.82. The first-order valence-corrected chi connectivity index (χ1v) is 5.78. The molecule has 1 aromatic rings. The molecule has 0 radical (unpaired) electrons. The highest BCUT2D eigenvalue weighted by Crippen LogP contribution is 2.30. The third-order valence-electron chi connectivity index (χ3n) is 2.19. The molecule has 1 fully saturated rings. The summed E-state index contributed by atoms with van der Waals surface area (Å²) >= 11 is 0. The number of carboxylic acids is 1. The molecule has 17 heavy (non-hydrogen) atoms. The summed E-state index contributed by atoms with van der Waals surface area (Å²) in [6.45, 7) is 4.00. The predicted molar refractivity (Wildman–Crippen MR) is 65.0 cm³/mol. The maximum atomic E-state index is 10.8. The van der Waals surface area contributed by atoms with Gasteiger partial charge in [0.15, 0.2) is 0 Å². The van der Waals surface area contributed by atoms with E-state index in [0.29, 0.717) is 11.5 Å². The first-order chi connectivity index (χ1) is 8.19. The fourth-order valence-electron chi connectivity index (χ4n) is 1.26. The van der Waals surface area contributed by atoms with Gasteiger partial charge >= 0.3 is 5.97 Å². The SMILES string of the molecule is CC.COc1cc(OC2CC2)cc(C(=O)O)c1. The zero-order valence-corrected chi connectivity index (χ0v) is 10.4. The van der Waals surface area contributed by atoms with E-state index in [-0.39, 0.29) is 11.7 Å². The van der Waals surface area contributed by atoms with Crippen LogP contribution in [0.2, 0.25) is 0 Å². The van der Waals surface area contributed by atoms with Crippen LogP contribution in [0.1, 0.15) is 37.0 Å². The largest absolute Gasteiger partial charge is 0.497 e. The number of carbonyl (C=O) groups is 1. The summed E-state index contributed by atoms with van der Waals surface area (Å²) in [5.74, 6) is 0.0920. The number of benzene rings is 1. The Balaban J connectivity index is 0.000000686. The monoisotopic (exact) mass is 238 g/mol. The minimum absolute atomic E-state index is 0.185. The Morgan fingerprint density at radius 2 is 1.82 bits per heavy atom. The lowest BCUT2D eigenvalue weighted by atomic mass is 10.2. The number of hydrogen-bond donors (Lipinski definition) is 1. The fraction of sp³-hybridized carbons (Fsp3) is 0.462. The molecule has 0 amide bonds. The van der Waals surface area contributed by atoms with Crippen molar-refractivity contribution in [3.8, 4) is 11.5 Å². The standard InChI is InChI=1S/C11H12O4.C2H6/c1-14-9-4-7(11(12)13)5-10(6-9)15-8-2-3-8;1-2/h4-6,8H,2-3H2,1H3,(H,12,13);1-2H3. The molecule has 0 aliphatic heterocycles. The lowest BCUT2D eigenvalue weighted by Crippen LogP contribution is -2.01. The maximum Gasteiger partial charge on any atom is 0.335 e. The van der Waals surface area contributed by atoms with Gasteiger partial charge in [-0.25, -0.2) is 4.79 Å². The smallest absolute Gasteiger partial charge is 0.335 e. The van der Waals surface area contributed by atoms with Crippen LogP contribution in [0.4, 0.5) is 0 Å². The fourth-order valence-corrected chi connectivity index (χ4v) is 1.26. The second-order valence-corrected chi connectivity index (χ2v) is 3.52. The van der Waals surface area contributed by atoms with Crippen LogP contribution in [-0.4, -0.2) is 24.3 Å². The van der Waals surface area contributed by atoms with Crippen LogP contribution >= 0.6 is 0 Å². The van der Waals surface area contributed by atoms with Gasteiger partial charge in [0.2, 0.25) is 0 Å². The van der Waals surface area contributed by atoms with Crippen molar-refractivity contribution in [2.45, 2.75) is 32.8 Å². The second kappa shape index (κ2) is 6.13. The average molecular weight is 238 g/mol. The minimum Gasteiger partial charge on any atom is -0.497 e. The summed E-state index contributed by atoms with van der Waals surface area (Å²) in [6.07, 6.45) is 2.33.